The molecule has 1 heterocycles. The summed E-state index contributed by atoms with van der Waals surface area (Å²) in [6.07, 6.45) is 0. The number of rotatable bonds is 1. The molecule has 0 spiro atoms. The molecule has 20 heavy (non-hydrogen) atoms. The van der Waals surface area contributed by atoms with Crippen molar-refractivity contribution in [1.82, 2.24) is 0 Å². The second-order valence-corrected chi connectivity index (χ2v) is 5.94. The molecular weight excluding hydrogens is 365 g/mol. The monoisotopic (exact) mass is 369 g/mol. The fraction of sp³-hybridized carbons (Fsp3) is 0. The molecule has 2 aromatic rings. The Kier molecular flexibility index (Phi) is 3.32. The van der Waals surface area contributed by atoms with Crippen LogP contribution in [-0.2, 0) is 0 Å². The molecule has 1 aliphatic heterocycles. The van der Waals surface area contributed by atoms with Gasteiger partial charge in [-0.05, 0) is 30.3 Å². The molecule has 0 fully saturated rings. The predicted octanol–water partition coefficient (Wildman–Crippen LogP) is 4.56. The number of carbonyl (C=O) groups excluding carboxylic acids is 2. The molecule has 6 heteroatoms. The van der Waals surface area contributed by atoms with Crippen molar-refractivity contribution in [2.24, 2.45) is 0 Å². The standard InChI is InChI=1S/C14H6BrCl2NO2/c15-7-4-5-8-9(6-7)14(20)18(13(8)19)12-10(16)2-1-3-11(12)17/h1-6H. The Morgan fingerprint density at radius 2 is 1.50 bits per heavy atom. The largest absolute Gasteiger partial charge is 0.268 e. The van der Waals surface area contributed by atoms with E-state index in [4.69, 9.17) is 23.2 Å². The van der Waals surface area contributed by atoms with E-state index >= 15 is 0 Å². The van der Waals surface area contributed by atoms with Crippen molar-refractivity contribution in [3.8, 4) is 0 Å². The summed E-state index contributed by atoms with van der Waals surface area (Å²) in [5.74, 6) is -0.853. The highest BCUT2D eigenvalue weighted by Gasteiger charge is 2.38. The van der Waals surface area contributed by atoms with Crippen LogP contribution in [0.5, 0.6) is 0 Å². The smallest absolute Gasteiger partial charge is 0.266 e. The molecule has 2 amide bonds. The van der Waals surface area contributed by atoms with Crippen molar-refractivity contribution in [3.05, 3.63) is 62.0 Å². The topological polar surface area (TPSA) is 37.4 Å². The Labute approximate surface area is 133 Å². The zero-order chi connectivity index (χ0) is 14.4. The number of fused-ring (bicyclic) bond motifs is 1. The Bertz CT molecular complexity index is 741. The van der Waals surface area contributed by atoms with E-state index in [0.29, 0.717) is 11.1 Å². The molecule has 3 rings (SSSR count). The molecule has 0 atom stereocenters. The molecule has 0 N–H and O–H groups in total. The number of anilines is 1. The lowest BCUT2D eigenvalue weighted by atomic mass is 10.1. The molecule has 0 radical (unpaired) electrons. The molecule has 0 aromatic heterocycles. The van der Waals surface area contributed by atoms with Gasteiger partial charge in [-0.1, -0.05) is 45.2 Å². The minimum atomic E-state index is -0.429. The molecule has 2 aromatic carbocycles. The molecule has 0 bridgehead atoms. The van der Waals surface area contributed by atoms with Gasteiger partial charge in [-0.15, -0.1) is 0 Å². The van der Waals surface area contributed by atoms with Crippen molar-refractivity contribution < 1.29 is 9.59 Å². The number of amides is 2. The van der Waals surface area contributed by atoms with Gasteiger partial charge in [0.15, 0.2) is 0 Å². The zero-order valence-electron chi connectivity index (χ0n) is 9.86. The summed E-state index contributed by atoms with van der Waals surface area (Å²) in [6.45, 7) is 0. The minimum Gasteiger partial charge on any atom is -0.268 e. The van der Waals surface area contributed by atoms with E-state index in [0.717, 1.165) is 9.37 Å². The van der Waals surface area contributed by atoms with E-state index in [1.54, 1.807) is 36.4 Å². The number of nitrogens with zero attached hydrogens (tertiary/aromatic N) is 1. The average molecular weight is 371 g/mol. The maximum absolute atomic E-state index is 12.4. The number of hydrogen-bond acceptors (Lipinski definition) is 2. The summed E-state index contributed by atoms with van der Waals surface area (Å²) < 4.78 is 0.726. The number of carbonyl (C=O) groups is 2. The van der Waals surface area contributed by atoms with Crippen LogP contribution >= 0.6 is 39.1 Å². The summed E-state index contributed by atoms with van der Waals surface area (Å²) in [5.41, 5.74) is 0.896. The lowest BCUT2D eigenvalue weighted by Gasteiger charge is -2.16. The molecular formula is C14H6BrCl2NO2. The first-order chi connectivity index (χ1) is 9.50. The second-order valence-electron chi connectivity index (χ2n) is 4.21. The Hall–Kier alpha value is -1.36. The fourth-order valence-electron chi connectivity index (χ4n) is 2.12. The molecule has 0 unspecified atom stereocenters. The van der Waals surface area contributed by atoms with Crippen LogP contribution < -0.4 is 4.90 Å². The first-order valence-electron chi connectivity index (χ1n) is 5.63. The first-order valence-corrected chi connectivity index (χ1v) is 7.18. The third kappa shape index (κ3) is 1.95. The minimum absolute atomic E-state index is 0.221. The van der Waals surface area contributed by atoms with Crippen molar-refractivity contribution >= 4 is 56.6 Å². The number of hydrogen-bond donors (Lipinski definition) is 0. The maximum atomic E-state index is 12.4. The van der Waals surface area contributed by atoms with Crippen LogP contribution in [0.1, 0.15) is 20.7 Å². The van der Waals surface area contributed by atoms with Gasteiger partial charge in [0.1, 0.15) is 0 Å². The van der Waals surface area contributed by atoms with Gasteiger partial charge in [-0.2, -0.15) is 0 Å². The molecule has 3 nitrogen and oxygen atoms in total. The SMILES string of the molecule is O=C1c2ccc(Br)cc2C(=O)N1c1c(Cl)cccc1Cl. The van der Waals surface area contributed by atoms with Gasteiger partial charge in [0.25, 0.3) is 11.8 Å². The van der Waals surface area contributed by atoms with E-state index in [-0.39, 0.29) is 15.7 Å². The molecule has 100 valence electrons. The average Bonchev–Trinajstić information content (AvgIpc) is 2.63. The van der Waals surface area contributed by atoms with Gasteiger partial charge in [0, 0.05) is 4.47 Å². The Morgan fingerprint density at radius 3 is 2.15 bits per heavy atom. The van der Waals surface area contributed by atoms with Crippen LogP contribution in [-0.4, -0.2) is 11.8 Å². The number of imide groups is 1. The fourth-order valence-corrected chi connectivity index (χ4v) is 3.05. The highest BCUT2D eigenvalue weighted by atomic mass is 79.9. The quantitative estimate of drug-likeness (QED) is 0.690. The normalized spacial score (nSPS) is 13.8. The van der Waals surface area contributed by atoms with Gasteiger partial charge in [0.2, 0.25) is 0 Å². The van der Waals surface area contributed by atoms with Gasteiger partial charge in [-0.25, -0.2) is 4.90 Å². The number of halogens is 3. The van der Waals surface area contributed by atoms with Crippen molar-refractivity contribution in [1.29, 1.82) is 0 Å². The molecule has 0 aliphatic carbocycles. The van der Waals surface area contributed by atoms with E-state index < -0.39 is 11.8 Å². The highest BCUT2D eigenvalue weighted by Crippen LogP contribution is 2.38. The van der Waals surface area contributed by atoms with Gasteiger partial charge < -0.3 is 0 Å². The predicted molar refractivity (Wildman–Crippen MR) is 81.7 cm³/mol. The number of benzene rings is 2. The third-order valence-corrected chi connectivity index (χ3v) is 4.11. The van der Waals surface area contributed by atoms with E-state index in [2.05, 4.69) is 15.9 Å². The Balaban J connectivity index is 2.20. The lowest BCUT2D eigenvalue weighted by molar-refractivity contribution is 0.0926. The van der Waals surface area contributed by atoms with Gasteiger partial charge >= 0.3 is 0 Å². The lowest BCUT2D eigenvalue weighted by Crippen LogP contribution is -2.29. The zero-order valence-corrected chi connectivity index (χ0v) is 13.0. The summed E-state index contributed by atoms with van der Waals surface area (Å²) >= 11 is 15.4. The summed E-state index contributed by atoms with van der Waals surface area (Å²) in [6, 6.07) is 9.75. The number of para-hydroxylation sites is 1. The van der Waals surface area contributed by atoms with Crippen LogP contribution in [0.25, 0.3) is 0 Å². The van der Waals surface area contributed by atoms with Crippen LogP contribution in [0.3, 0.4) is 0 Å². The summed E-state index contributed by atoms with van der Waals surface area (Å²) in [5, 5.41) is 0.511. The van der Waals surface area contributed by atoms with Crippen LogP contribution in [0.4, 0.5) is 5.69 Å². The van der Waals surface area contributed by atoms with Gasteiger partial charge in [0.05, 0.1) is 26.9 Å². The summed E-state index contributed by atoms with van der Waals surface area (Å²) in [4.78, 5) is 25.8. The van der Waals surface area contributed by atoms with E-state index in [1.807, 2.05) is 0 Å². The van der Waals surface area contributed by atoms with Crippen molar-refractivity contribution in [2.45, 2.75) is 0 Å². The van der Waals surface area contributed by atoms with E-state index in [1.165, 1.54) is 0 Å². The van der Waals surface area contributed by atoms with Crippen molar-refractivity contribution in [3.63, 3.8) is 0 Å². The second kappa shape index (κ2) is 4.88. The highest BCUT2D eigenvalue weighted by molar-refractivity contribution is 9.10. The Morgan fingerprint density at radius 1 is 0.900 bits per heavy atom. The molecule has 1 aliphatic rings. The molecule has 0 saturated carbocycles. The summed E-state index contributed by atoms with van der Waals surface area (Å²) in [7, 11) is 0. The van der Waals surface area contributed by atoms with Crippen LogP contribution in [0, 0.1) is 0 Å². The van der Waals surface area contributed by atoms with Crippen LogP contribution in [0.2, 0.25) is 10.0 Å². The van der Waals surface area contributed by atoms with Crippen LogP contribution in [0.15, 0.2) is 40.9 Å². The molecule has 0 saturated heterocycles. The van der Waals surface area contributed by atoms with Gasteiger partial charge in [-0.3, -0.25) is 9.59 Å². The van der Waals surface area contributed by atoms with Crippen molar-refractivity contribution in [2.75, 3.05) is 4.90 Å². The maximum Gasteiger partial charge on any atom is 0.266 e. The van der Waals surface area contributed by atoms with E-state index in [9.17, 15) is 9.59 Å². The first kappa shape index (κ1) is 13.6. The third-order valence-electron chi connectivity index (χ3n) is 3.01.